The number of β-amino-alcohol motifs (C(OH)–C–C–N with tert-alkyl or cyclic N) is 1. The molecule has 1 amide bonds. The predicted octanol–water partition coefficient (Wildman–Crippen LogP) is -0.287. The third-order valence-electron chi connectivity index (χ3n) is 3.85. The van der Waals surface area contributed by atoms with Crippen LogP contribution in [-0.2, 0) is 9.59 Å². The van der Waals surface area contributed by atoms with Crippen molar-refractivity contribution in [3.63, 3.8) is 0 Å². The number of aliphatic hydroxyl groups is 1. The third kappa shape index (κ3) is 5.73. The predicted molar refractivity (Wildman–Crippen MR) is 82.0 cm³/mol. The Balaban J connectivity index is 2.58. The number of nitrogens with zero attached hydrogens (tertiary/aromatic N) is 2. The van der Waals surface area contributed by atoms with Crippen LogP contribution in [0.5, 0.6) is 0 Å². The first-order valence-electron chi connectivity index (χ1n) is 7.57. The summed E-state index contributed by atoms with van der Waals surface area (Å²) in [6, 6.07) is -0.257. The van der Waals surface area contributed by atoms with Crippen LogP contribution >= 0.6 is 0 Å². The van der Waals surface area contributed by atoms with E-state index >= 15 is 0 Å². The molecule has 0 radical (unpaired) electrons. The number of hydrogen-bond donors (Lipinski definition) is 2. The fourth-order valence-corrected chi connectivity index (χ4v) is 2.90. The quantitative estimate of drug-likeness (QED) is 0.676. The van der Waals surface area contributed by atoms with Crippen molar-refractivity contribution in [1.82, 2.24) is 15.1 Å². The highest BCUT2D eigenvalue weighted by molar-refractivity contribution is 5.88. The summed E-state index contributed by atoms with van der Waals surface area (Å²) in [6.45, 7) is 6.88. The highest BCUT2D eigenvalue weighted by Gasteiger charge is 2.33. The first kappa shape index (κ1) is 18.1. The molecule has 0 aliphatic carbocycles. The van der Waals surface area contributed by atoms with Crippen LogP contribution in [0.15, 0.2) is 0 Å². The number of nitrogens with one attached hydrogen (secondary N) is 1. The number of likely N-dealkylation sites (tertiary alicyclic amines) is 1. The molecule has 2 N–H and O–H groups in total. The Hall–Kier alpha value is -0.980. The second kappa shape index (κ2) is 7.87. The number of Topliss-reactive ketones (excluding diaryl/α,β-unsaturated/α-hetero) is 1. The van der Waals surface area contributed by atoms with Crippen LogP contribution in [0.3, 0.4) is 0 Å². The van der Waals surface area contributed by atoms with Crippen LogP contribution in [0, 0.1) is 5.92 Å². The summed E-state index contributed by atoms with van der Waals surface area (Å²) in [5.74, 6) is -0.0976. The molecule has 0 aromatic rings. The van der Waals surface area contributed by atoms with E-state index in [1.807, 2.05) is 32.8 Å². The summed E-state index contributed by atoms with van der Waals surface area (Å²) in [5, 5.41) is 12.6. The van der Waals surface area contributed by atoms with Crippen molar-refractivity contribution in [1.29, 1.82) is 0 Å². The summed E-state index contributed by atoms with van der Waals surface area (Å²) in [6.07, 6.45) is 0.308. The van der Waals surface area contributed by atoms with Crippen LogP contribution in [0.25, 0.3) is 0 Å². The second-order valence-corrected chi connectivity index (χ2v) is 6.63. The summed E-state index contributed by atoms with van der Waals surface area (Å²) in [7, 11) is 3.96. The van der Waals surface area contributed by atoms with E-state index in [1.54, 1.807) is 0 Å². The summed E-state index contributed by atoms with van der Waals surface area (Å²) < 4.78 is 0. The van der Waals surface area contributed by atoms with E-state index < -0.39 is 6.04 Å². The molecule has 122 valence electrons. The molecule has 0 saturated carbocycles. The Morgan fingerprint density at radius 3 is 2.48 bits per heavy atom. The van der Waals surface area contributed by atoms with Gasteiger partial charge in [-0.2, -0.15) is 0 Å². The molecular formula is C15H29N3O3. The van der Waals surface area contributed by atoms with Gasteiger partial charge in [-0.3, -0.25) is 14.5 Å². The van der Waals surface area contributed by atoms with Gasteiger partial charge >= 0.3 is 0 Å². The number of carbonyl (C=O) groups is 2. The van der Waals surface area contributed by atoms with Gasteiger partial charge in [-0.05, 0) is 33.4 Å². The fraction of sp³-hybridized carbons (Fsp3) is 0.867. The molecule has 0 aromatic heterocycles. The first-order chi connectivity index (χ1) is 9.70. The monoisotopic (exact) mass is 299 g/mol. The van der Waals surface area contributed by atoms with E-state index in [0.717, 1.165) is 6.54 Å². The Morgan fingerprint density at radius 2 is 2.00 bits per heavy atom. The molecule has 1 aliphatic heterocycles. The van der Waals surface area contributed by atoms with Crippen molar-refractivity contribution in [3.8, 4) is 0 Å². The lowest BCUT2D eigenvalue weighted by Crippen LogP contribution is -2.49. The number of rotatable bonds is 7. The first-order valence-corrected chi connectivity index (χ1v) is 7.57. The molecule has 3 atom stereocenters. The average molecular weight is 299 g/mol. The van der Waals surface area contributed by atoms with Crippen molar-refractivity contribution in [2.24, 2.45) is 5.92 Å². The lowest BCUT2D eigenvalue weighted by molar-refractivity contribution is -0.128. The maximum absolute atomic E-state index is 12.2. The Morgan fingerprint density at radius 1 is 1.38 bits per heavy atom. The lowest BCUT2D eigenvalue weighted by Gasteiger charge is -2.27. The minimum Gasteiger partial charge on any atom is -0.392 e. The molecule has 6 heteroatoms. The van der Waals surface area contributed by atoms with Crippen molar-refractivity contribution in [2.75, 3.05) is 33.7 Å². The molecular weight excluding hydrogens is 270 g/mol. The minimum atomic E-state index is -0.433. The van der Waals surface area contributed by atoms with E-state index in [1.165, 1.54) is 6.92 Å². The number of aliphatic hydroxyl groups excluding tert-OH is 1. The zero-order valence-electron chi connectivity index (χ0n) is 13.8. The van der Waals surface area contributed by atoms with Gasteiger partial charge in [-0.1, -0.05) is 13.8 Å². The van der Waals surface area contributed by atoms with Gasteiger partial charge in [-0.15, -0.1) is 0 Å². The van der Waals surface area contributed by atoms with Gasteiger partial charge in [0.05, 0.1) is 18.7 Å². The van der Waals surface area contributed by atoms with Gasteiger partial charge in [0, 0.05) is 19.1 Å². The van der Waals surface area contributed by atoms with E-state index in [9.17, 15) is 14.7 Å². The lowest BCUT2D eigenvalue weighted by atomic mass is 10.0. The molecule has 3 unspecified atom stereocenters. The number of ketones is 1. The smallest absolute Gasteiger partial charge is 0.234 e. The number of carbonyl (C=O) groups excluding carboxylic acids is 2. The Kier molecular flexibility index (Phi) is 6.77. The van der Waals surface area contributed by atoms with Crippen LogP contribution in [-0.4, -0.2) is 78.5 Å². The third-order valence-corrected chi connectivity index (χ3v) is 3.85. The van der Waals surface area contributed by atoms with Crippen molar-refractivity contribution in [3.05, 3.63) is 0 Å². The van der Waals surface area contributed by atoms with E-state index in [2.05, 4.69) is 10.2 Å². The minimum absolute atomic E-state index is 0.0235. The zero-order chi connectivity index (χ0) is 16.2. The number of amides is 1. The summed E-state index contributed by atoms with van der Waals surface area (Å²) in [5.41, 5.74) is 0. The van der Waals surface area contributed by atoms with Crippen LogP contribution in [0.2, 0.25) is 0 Å². The van der Waals surface area contributed by atoms with Crippen LogP contribution in [0.4, 0.5) is 0 Å². The number of hydrogen-bond acceptors (Lipinski definition) is 5. The van der Waals surface area contributed by atoms with Gasteiger partial charge < -0.3 is 15.3 Å². The maximum Gasteiger partial charge on any atom is 0.234 e. The fourth-order valence-electron chi connectivity index (χ4n) is 2.90. The molecule has 0 bridgehead atoms. The van der Waals surface area contributed by atoms with Gasteiger partial charge in [0.1, 0.15) is 0 Å². The molecule has 1 fully saturated rings. The highest BCUT2D eigenvalue weighted by atomic mass is 16.3. The SMILES string of the molecule is CC(=O)C(NC(=O)CN1CC(O)CC1CN(C)C)C(C)C. The Bertz CT molecular complexity index is 371. The largest absolute Gasteiger partial charge is 0.392 e. The van der Waals surface area contributed by atoms with E-state index in [4.69, 9.17) is 0 Å². The van der Waals surface area contributed by atoms with Crippen LogP contribution in [0.1, 0.15) is 27.2 Å². The standard InChI is InChI=1S/C15H29N3O3/c1-10(2)15(11(3)19)16-14(21)9-18-8-13(20)6-12(18)7-17(4)5/h10,12-13,15,20H,6-9H2,1-5H3,(H,16,21). The topological polar surface area (TPSA) is 72.9 Å². The maximum atomic E-state index is 12.2. The molecule has 0 aromatic carbocycles. The van der Waals surface area contributed by atoms with Gasteiger partial charge in [-0.25, -0.2) is 0 Å². The zero-order valence-corrected chi connectivity index (χ0v) is 13.8. The van der Waals surface area contributed by atoms with Gasteiger partial charge in [0.2, 0.25) is 5.91 Å². The Labute approximate surface area is 127 Å². The van der Waals surface area contributed by atoms with Crippen LogP contribution < -0.4 is 5.32 Å². The molecule has 1 saturated heterocycles. The molecule has 1 aliphatic rings. The molecule has 1 heterocycles. The van der Waals surface area contributed by atoms with Crippen molar-refractivity contribution < 1.29 is 14.7 Å². The average Bonchev–Trinajstić information content (AvgIpc) is 2.64. The normalized spacial score (nSPS) is 24.6. The summed E-state index contributed by atoms with van der Waals surface area (Å²) in [4.78, 5) is 27.8. The van der Waals surface area contributed by atoms with E-state index in [-0.39, 0.29) is 36.3 Å². The van der Waals surface area contributed by atoms with Gasteiger partial charge in [0.15, 0.2) is 5.78 Å². The summed E-state index contributed by atoms with van der Waals surface area (Å²) >= 11 is 0. The van der Waals surface area contributed by atoms with E-state index in [0.29, 0.717) is 13.0 Å². The number of likely N-dealkylation sites (N-methyl/N-ethyl adjacent to an activating group) is 1. The molecule has 0 spiro atoms. The highest BCUT2D eigenvalue weighted by Crippen LogP contribution is 2.18. The second-order valence-electron chi connectivity index (χ2n) is 6.63. The van der Waals surface area contributed by atoms with Crippen molar-refractivity contribution in [2.45, 2.75) is 45.4 Å². The molecule has 1 rings (SSSR count). The van der Waals surface area contributed by atoms with Crippen molar-refractivity contribution >= 4 is 11.7 Å². The van der Waals surface area contributed by atoms with Gasteiger partial charge in [0.25, 0.3) is 0 Å². The molecule has 21 heavy (non-hydrogen) atoms. The molecule has 6 nitrogen and oxygen atoms in total.